The molecule has 4 N–H and O–H groups in total. The average Bonchev–Trinajstić information content (AvgIpc) is 3.46. The number of likely N-dealkylation sites (N-methyl/N-ethyl adjacent to an activating group) is 1. The van der Waals surface area contributed by atoms with Gasteiger partial charge in [-0.2, -0.15) is 4.98 Å². The smallest absolute Gasteiger partial charge is 0.247 e. The fourth-order valence-corrected chi connectivity index (χ4v) is 4.96. The molecule has 2 aromatic carbocycles. The molecule has 1 aliphatic heterocycles. The van der Waals surface area contributed by atoms with Crippen molar-refractivity contribution in [3.8, 4) is 5.75 Å². The predicted octanol–water partition coefficient (Wildman–Crippen LogP) is 5.65. The second kappa shape index (κ2) is 12.9. The van der Waals surface area contributed by atoms with Gasteiger partial charge in [-0.25, -0.2) is 9.37 Å². The van der Waals surface area contributed by atoms with Crippen molar-refractivity contribution in [2.24, 2.45) is 0 Å². The van der Waals surface area contributed by atoms with E-state index in [0.717, 1.165) is 25.2 Å². The van der Waals surface area contributed by atoms with Crippen molar-refractivity contribution in [1.82, 2.24) is 14.9 Å². The molecule has 0 radical (unpaired) electrons. The molecule has 4 rings (SSSR count). The quantitative estimate of drug-likeness (QED) is 0.208. The molecule has 0 bridgehead atoms. The number of aliphatic hydroxyl groups is 1. The summed E-state index contributed by atoms with van der Waals surface area (Å²) in [4.78, 5) is 25.6. The highest BCUT2D eigenvalue weighted by molar-refractivity contribution is 6.31. The zero-order valence-electron chi connectivity index (χ0n) is 24.5. The molecule has 0 unspecified atom stereocenters. The third-order valence-corrected chi connectivity index (χ3v) is 7.78. The Balaban J connectivity index is 1.67. The van der Waals surface area contributed by atoms with E-state index in [1.807, 2.05) is 6.07 Å². The number of ether oxygens (including phenoxy) is 1. The normalized spacial score (nSPS) is 16.2. The Hall–Kier alpha value is -3.93. The van der Waals surface area contributed by atoms with Gasteiger partial charge in [0.05, 0.1) is 34.8 Å². The summed E-state index contributed by atoms with van der Waals surface area (Å²) in [6.07, 6.45) is 4.12. The van der Waals surface area contributed by atoms with Crippen molar-refractivity contribution in [2.45, 2.75) is 38.3 Å². The molecular formula is C30H37ClFN7O3. The monoisotopic (exact) mass is 597 g/mol. The van der Waals surface area contributed by atoms with Gasteiger partial charge in [-0.1, -0.05) is 25.1 Å². The lowest BCUT2D eigenvalue weighted by molar-refractivity contribution is -0.111. The first kappa shape index (κ1) is 31.0. The van der Waals surface area contributed by atoms with E-state index in [9.17, 15) is 14.3 Å². The lowest BCUT2D eigenvalue weighted by Crippen LogP contribution is -2.31. The van der Waals surface area contributed by atoms with E-state index in [0.29, 0.717) is 46.7 Å². The number of aromatic nitrogens is 2. The number of amides is 1. The zero-order chi connectivity index (χ0) is 30.6. The van der Waals surface area contributed by atoms with Crippen LogP contribution in [0.3, 0.4) is 0 Å². The zero-order valence-corrected chi connectivity index (χ0v) is 25.2. The van der Waals surface area contributed by atoms with Gasteiger partial charge in [0.2, 0.25) is 11.9 Å². The van der Waals surface area contributed by atoms with Gasteiger partial charge in [-0.15, -0.1) is 0 Å². The van der Waals surface area contributed by atoms with Crippen LogP contribution >= 0.6 is 11.6 Å². The third kappa shape index (κ3) is 6.92. The minimum Gasteiger partial charge on any atom is -0.494 e. The molecule has 2 atom stereocenters. The Morgan fingerprint density at radius 3 is 2.69 bits per heavy atom. The minimum absolute atomic E-state index is 0.0885. The van der Waals surface area contributed by atoms with Crippen molar-refractivity contribution in [3.05, 3.63) is 65.6 Å². The van der Waals surface area contributed by atoms with Gasteiger partial charge in [-0.05, 0) is 64.2 Å². The molecule has 2 heterocycles. The van der Waals surface area contributed by atoms with Crippen molar-refractivity contribution in [3.63, 3.8) is 0 Å². The molecule has 42 heavy (non-hydrogen) atoms. The first-order valence-corrected chi connectivity index (χ1v) is 14.0. The topological polar surface area (TPSA) is 115 Å². The average molecular weight is 598 g/mol. The number of hydrogen-bond donors (Lipinski definition) is 4. The van der Waals surface area contributed by atoms with E-state index in [2.05, 4.69) is 56.4 Å². The standard InChI is InChI=1S/C30H37ClFN7O3/c1-7-28(40)35-23-15-24(26(42-6)16-25(23)39-12-10-18(17-39)38(4)5)36-29-33-11-9-27(37-29)34-22-14-20(31)21(32)13-19(22)30(3,41)8-2/h7,9,11,13-16,18,41H,1,8,10,12,17H2,2-6H3,(H,35,40)(H2,33,34,36,37)/t18-,30-/m1/s1. The first-order valence-electron chi connectivity index (χ1n) is 13.6. The molecule has 1 aromatic heterocycles. The molecule has 1 saturated heterocycles. The van der Waals surface area contributed by atoms with Gasteiger partial charge < -0.3 is 35.6 Å². The number of carbonyl (C=O) groups excluding carboxylic acids is 1. The number of benzene rings is 2. The third-order valence-electron chi connectivity index (χ3n) is 7.49. The molecule has 3 aromatic rings. The van der Waals surface area contributed by atoms with Crippen LogP contribution in [0, 0.1) is 5.82 Å². The summed E-state index contributed by atoms with van der Waals surface area (Å²) in [5.41, 5.74) is 1.40. The van der Waals surface area contributed by atoms with E-state index in [4.69, 9.17) is 16.3 Å². The molecule has 0 aliphatic carbocycles. The maximum atomic E-state index is 14.3. The lowest BCUT2D eigenvalue weighted by Gasteiger charge is -2.26. The molecule has 1 fully saturated rings. The predicted molar refractivity (Wildman–Crippen MR) is 166 cm³/mol. The summed E-state index contributed by atoms with van der Waals surface area (Å²) in [5.74, 6) is 0.180. The highest BCUT2D eigenvalue weighted by Gasteiger charge is 2.28. The summed E-state index contributed by atoms with van der Waals surface area (Å²) in [6, 6.07) is 8.32. The summed E-state index contributed by atoms with van der Waals surface area (Å²) in [6.45, 7) is 8.62. The number of carbonyl (C=O) groups is 1. The number of halogens is 2. The number of rotatable bonds is 11. The Morgan fingerprint density at radius 1 is 1.29 bits per heavy atom. The van der Waals surface area contributed by atoms with E-state index < -0.39 is 11.4 Å². The van der Waals surface area contributed by atoms with E-state index in [1.165, 1.54) is 18.2 Å². The van der Waals surface area contributed by atoms with Crippen LogP contribution in [0.15, 0.2) is 49.2 Å². The largest absolute Gasteiger partial charge is 0.494 e. The molecular weight excluding hydrogens is 561 g/mol. The van der Waals surface area contributed by atoms with Crippen molar-refractivity contribution >= 4 is 52.0 Å². The molecule has 0 spiro atoms. The SMILES string of the molecule is C=CC(=O)Nc1cc(Nc2nccc(Nc3cc(Cl)c(F)cc3[C@](C)(O)CC)n2)c(OC)cc1N1CC[C@@H](N(C)C)C1. The molecule has 12 heteroatoms. The molecule has 0 saturated carbocycles. The Bertz CT molecular complexity index is 1470. The van der Waals surface area contributed by atoms with Gasteiger partial charge in [0, 0.05) is 42.6 Å². The van der Waals surface area contributed by atoms with E-state index in [-0.39, 0.29) is 16.9 Å². The van der Waals surface area contributed by atoms with Crippen LogP contribution in [0.25, 0.3) is 0 Å². The van der Waals surface area contributed by atoms with E-state index in [1.54, 1.807) is 39.3 Å². The van der Waals surface area contributed by atoms with Crippen molar-refractivity contribution in [2.75, 3.05) is 55.1 Å². The van der Waals surface area contributed by atoms with Gasteiger partial charge in [0.15, 0.2) is 0 Å². The summed E-state index contributed by atoms with van der Waals surface area (Å²) in [7, 11) is 5.68. The second-order valence-electron chi connectivity index (χ2n) is 10.6. The van der Waals surface area contributed by atoms with Crippen LogP contribution in [-0.4, -0.2) is 66.2 Å². The van der Waals surface area contributed by atoms with E-state index >= 15 is 0 Å². The first-order chi connectivity index (χ1) is 19.9. The lowest BCUT2D eigenvalue weighted by atomic mass is 9.91. The van der Waals surface area contributed by atoms with Crippen LogP contribution in [0.2, 0.25) is 5.02 Å². The van der Waals surface area contributed by atoms with Crippen LogP contribution in [0.4, 0.5) is 38.9 Å². The number of methoxy groups -OCH3 is 1. The Labute approximate surface area is 250 Å². The Morgan fingerprint density at radius 2 is 2.05 bits per heavy atom. The molecule has 224 valence electrons. The number of nitrogens with one attached hydrogen (secondary N) is 3. The Kier molecular flexibility index (Phi) is 9.55. The van der Waals surface area contributed by atoms with Gasteiger partial charge in [-0.3, -0.25) is 4.79 Å². The fourth-order valence-electron chi connectivity index (χ4n) is 4.80. The maximum Gasteiger partial charge on any atom is 0.247 e. The molecule has 1 amide bonds. The van der Waals surface area contributed by atoms with Crippen molar-refractivity contribution in [1.29, 1.82) is 0 Å². The minimum atomic E-state index is -1.30. The number of hydrogen-bond acceptors (Lipinski definition) is 9. The maximum absolute atomic E-state index is 14.3. The number of nitrogens with zero attached hydrogens (tertiary/aromatic N) is 4. The molecule has 10 nitrogen and oxygen atoms in total. The number of anilines is 6. The summed E-state index contributed by atoms with van der Waals surface area (Å²) in [5, 5.41) is 20.0. The highest BCUT2D eigenvalue weighted by Crippen LogP contribution is 2.40. The summed E-state index contributed by atoms with van der Waals surface area (Å²) < 4.78 is 20.0. The van der Waals surface area contributed by atoms with Crippen LogP contribution in [0.5, 0.6) is 5.75 Å². The van der Waals surface area contributed by atoms with Gasteiger partial charge >= 0.3 is 0 Å². The van der Waals surface area contributed by atoms with Crippen LogP contribution in [0.1, 0.15) is 32.3 Å². The van der Waals surface area contributed by atoms with Crippen LogP contribution < -0.4 is 25.6 Å². The van der Waals surface area contributed by atoms with Crippen molar-refractivity contribution < 1.29 is 19.0 Å². The summed E-state index contributed by atoms with van der Waals surface area (Å²) >= 11 is 6.06. The second-order valence-corrected chi connectivity index (χ2v) is 11.0. The van der Waals surface area contributed by atoms with Crippen LogP contribution in [-0.2, 0) is 10.4 Å². The van der Waals surface area contributed by atoms with Gasteiger partial charge in [0.25, 0.3) is 0 Å². The fraction of sp³-hybridized carbons (Fsp3) is 0.367. The van der Waals surface area contributed by atoms with Gasteiger partial charge in [0.1, 0.15) is 17.4 Å². The highest BCUT2D eigenvalue weighted by atomic mass is 35.5. The molecule has 1 aliphatic rings.